The van der Waals surface area contributed by atoms with Gasteiger partial charge in [-0.2, -0.15) is 0 Å². The highest BCUT2D eigenvalue weighted by Crippen LogP contribution is 2.25. The second-order valence-electron chi connectivity index (χ2n) is 4.36. The number of benzene rings is 2. The lowest BCUT2D eigenvalue weighted by Gasteiger charge is -2.04. The average molecular weight is 304 g/mol. The van der Waals surface area contributed by atoms with Crippen molar-refractivity contribution in [3.05, 3.63) is 68.6 Å². The van der Waals surface area contributed by atoms with Gasteiger partial charge in [0.2, 0.25) is 5.89 Å². The summed E-state index contributed by atoms with van der Waals surface area (Å²) >= 11 is 0. The predicted molar refractivity (Wildman–Crippen MR) is 72.3 cm³/mol. The van der Waals surface area contributed by atoms with Crippen molar-refractivity contribution in [2.75, 3.05) is 0 Å². The third-order valence-electron chi connectivity index (χ3n) is 3.00. The number of nitro groups is 1. The van der Waals surface area contributed by atoms with Crippen molar-refractivity contribution in [2.24, 2.45) is 0 Å². The molecule has 0 aliphatic carbocycles. The summed E-state index contributed by atoms with van der Waals surface area (Å²) in [6.07, 6.45) is 0. The van der Waals surface area contributed by atoms with Crippen LogP contribution in [-0.4, -0.2) is 9.91 Å². The summed E-state index contributed by atoms with van der Waals surface area (Å²) in [6, 6.07) is 6.44. The molecule has 0 aliphatic heterocycles. The molecule has 0 bridgehead atoms. The molecule has 0 saturated carbocycles. The van der Waals surface area contributed by atoms with E-state index in [1.165, 1.54) is 6.07 Å². The minimum Gasteiger partial charge on any atom is -0.403 e. The molecule has 0 aliphatic rings. The summed E-state index contributed by atoms with van der Waals surface area (Å²) in [5.74, 6) is -2.49. The van der Waals surface area contributed by atoms with Crippen molar-refractivity contribution >= 4 is 16.6 Å². The van der Waals surface area contributed by atoms with Gasteiger partial charge in [-0.1, -0.05) is 6.07 Å². The first kappa shape index (κ1) is 13.8. The monoisotopic (exact) mass is 304 g/mol. The van der Waals surface area contributed by atoms with E-state index in [-0.39, 0.29) is 16.6 Å². The summed E-state index contributed by atoms with van der Waals surface area (Å²) in [7, 11) is 0. The summed E-state index contributed by atoms with van der Waals surface area (Å²) in [4.78, 5) is 25.8. The second kappa shape index (κ2) is 4.99. The quantitative estimate of drug-likeness (QED) is 0.536. The topological polar surface area (TPSA) is 86.2 Å². The highest BCUT2D eigenvalue weighted by Gasteiger charge is 2.18. The first-order valence-electron chi connectivity index (χ1n) is 6.01. The molecule has 1 heterocycles. The maximum atomic E-state index is 13.7. The summed E-state index contributed by atoms with van der Waals surface area (Å²) < 4.78 is 32.3. The van der Waals surface area contributed by atoms with Crippen LogP contribution in [0.2, 0.25) is 0 Å². The van der Waals surface area contributed by atoms with Gasteiger partial charge < -0.3 is 4.42 Å². The van der Waals surface area contributed by atoms with Gasteiger partial charge in [0, 0.05) is 12.1 Å². The molecule has 0 N–H and O–H groups in total. The lowest BCUT2D eigenvalue weighted by Crippen LogP contribution is -2.05. The fourth-order valence-electron chi connectivity index (χ4n) is 1.98. The Morgan fingerprint density at radius 2 is 1.82 bits per heavy atom. The van der Waals surface area contributed by atoms with Crippen LogP contribution in [0.25, 0.3) is 22.4 Å². The minimum absolute atomic E-state index is 0.0221. The number of hydrogen-bond donors (Lipinski definition) is 0. The van der Waals surface area contributed by atoms with Crippen molar-refractivity contribution in [3.63, 3.8) is 0 Å². The third kappa shape index (κ3) is 2.20. The van der Waals surface area contributed by atoms with Crippen LogP contribution in [0.15, 0.2) is 45.6 Å². The number of rotatable bonds is 2. The van der Waals surface area contributed by atoms with Crippen molar-refractivity contribution in [1.82, 2.24) is 4.98 Å². The first-order valence-corrected chi connectivity index (χ1v) is 6.01. The van der Waals surface area contributed by atoms with Gasteiger partial charge in [0.25, 0.3) is 5.69 Å². The average Bonchev–Trinajstić information content (AvgIpc) is 2.46. The van der Waals surface area contributed by atoms with E-state index in [4.69, 9.17) is 4.42 Å². The summed E-state index contributed by atoms with van der Waals surface area (Å²) in [5, 5.41) is 10.7. The SMILES string of the molecule is O=c1oc(-c2c(F)cccc2F)nc2cc([N+](=O)[O-])ccc12. The Labute approximate surface area is 120 Å². The van der Waals surface area contributed by atoms with Gasteiger partial charge in [-0.25, -0.2) is 18.6 Å². The first-order chi connectivity index (χ1) is 10.5. The molecule has 3 aromatic rings. The van der Waals surface area contributed by atoms with E-state index in [0.717, 1.165) is 30.3 Å². The number of nitro benzene ring substituents is 1. The summed E-state index contributed by atoms with van der Waals surface area (Å²) in [5.41, 5.74) is -1.88. The molecule has 6 nitrogen and oxygen atoms in total. The van der Waals surface area contributed by atoms with E-state index in [1.54, 1.807) is 0 Å². The largest absolute Gasteiger partial charge is 0.403 e. The number of halogens is 2. The van der Waals surface area contributed by atoms with Gasteiger partial charge in [-0.3, -0.25) is 10.1 Å². The van der Waals surface area contributed by atoms with E-state index < -0.39 is 33.6 Å². The normalized spacial score (nSPS) is 10.8. The molecule has 3 rings (SSSR count). The molecule has 0 unspecified atom stereocenters. The van der Waals surface area contributed by atoms with Gasteiger partial charge in [-0.15, -0.1) is 0 Å². The summed E-state index contributed by atoms with van der Waals surface area (Å²) in [6.45, 7) is 0. The Morgan fingerprint density at radius 1 is 1.14 bits per heavy atom. The number of non-ortho nitro benzene ring substituents is 1. The van der Waals surface area contributed by atoms with Gasteiger partial charge in [-0.05, 0) is 18.2 Å². The van der Waals surface area contributed by atoms with Gasteiger partial charge >= 0.3 is 5.63 Å². The number of hydrogen-bond acceptors (Lipinski definition) is 5. The number of aromatic nitrogens is 1. The Kier molecular flexibility index (Phi) is 3.13. The van der Waals surface area contributed by atoms with Gasteiger partial charge in [0.1, 0.15) is 17.2 Å². The van der Waals surface area contributed by atoms with Crippen LogP contribution in [0.3, 0.4) is 0 Å². The fourth-order valence-corrected chi connectivity index (χ4v) is 1.98. The highest BCUT2D eigenvalue weighted by molar-refractivity contribution is 5.81. The molecule has 1 aromatic heterocycles. The zero-order valence-electron chi connectivity index (χ0n) is 10.7. The van der Waals surface area contributed by atoms with E-state index in [9.17, 15) is 23.7 Å². The van der Waals surface area contributed by atoms with Crippen molar-refractivity contribution in [3.8, 4) is 11.5 Å². The van der Waals surface area contributed by atoms with Gasteiger partial charge in [0.15, 0.2) is 0 Å². The highest BCUT2D eigenvalue weighted by atomic mass is 19.1. The van der Waals surface area contributed by atoms with Crippen LogP contribution in [0, 0.1) is 21.7 Å². The van der Waals surface area contributed by atoms with Crippen molar-refractivity contribution in [1.29, 1.82) is 0 Å². The molecule has 8 heteroatoms. The molecular formula is C14H6F2N2O4. The van der Waals surface area contributed by atoms with E-state index in [2.05, 4.69) is 4.98 Å². The third-order valence-corrected chi connectivity index (χ3v) is 3.00. The molecule has 0 amide bonds. The van der Waals surface area contributed by atoms with Crippen LogP contribution in [0.1, 0.15) is 0 Å². The Balaban J connectivity index is 2.32. The maximum absolute atomic E-state index is 13.7. The molecule has 0 radical (unpaired) electrons. The molecule has 22 heavy (non-hydrogen) atoms. The molecule has 0 spiro atoms. The van der Waals surface area contributed by atoms with Crippen LogP contribution in [0.4, 0.5) is 14.5 Å². The molecule has 0 atom stereocenters. The standard InChI is InChI=1S/C14H6F2N2O4/c15-9-2-1-3-10(16)12(9)13-17-11-6-7(18(20)21)4-5-8(11)14(19)22-13/h1-6H. The van der Waals surface area contributed by atoms with Crippen LogP contribution < -0.4 is 5.63 Å². The smallest absolute Gasteiger partial charge is 0.347 e. The molecular weight excluding hydrogens is 298 g/mol. The van der Waals surface area contributed by atoms with Crippen LogP contribution in [-0.2, 0) is 0 Å². The van der Waals surface area contributed by atoms with Crippen LogP contribution >= 0.6 is 0 Å². The molecule has 110 valence electrons. The Morgan fingerprint density at radius 3 is 2.45 bits per heavy atom. The van der Waals surface area contributed by atoms with Gasteiger partial charge in [0.05, 0.1) is 15.8 Å². The number of nitrogens with zero attached hydrogens (tertiary/aromatic N) is 2. The zero-order valence-corrected chi connectivity index (χ0v) is 10.7. The predicted octanol–water partition coefficient (Wildman–Crippen LogP) is 3.04. The van der Waals surface area contributed by atoms with Crippen LogP contribution in [0.5, 0.6) is 0 Å². The second-order valence-corrected chi connectivity index (χ2v) is 4.36. The molecule has 2 aromatic carbocycles. The van der Waals surface area contributed by atoms with E-state index in [1.807, 2.05) is 0 Å². The minimum atomic E-state index is -0.958. The zero-order chi connectivity index (χ0) is 15.9. The lowest BCUT2D eigenvalue weighted by molar-refractivity contribution is -0.384. The fraction of sp³-hybridized carbons (Fsp3) is 0. The number of fused-ring (bicyclic) bond motifs is 1. The van der Waals surface area contributed by atoms with Crippen molar-refractivity contribution < 1.29 is 18.1 Å². The maximum Gasteiger partial charge on any atom is 0.347 e. The van der Waals surface area contributed by atoms with Crippen molar-refractivity contribution in [2.45, 2.75) is 0 Å². The Bertz CT molecular complexity index is 948. The Hall–Kier alpha value is -3.16. The van der Waals surface area contributed by atoms with E-state index in [0.29, 0.717) is 0 Å². The van der Waals surface area contributed by atoms with E-state index >= 15 is 0 Å². The molecule has 0 saturated heterocycles. The lowest BCUT2D eigenvalue weighted by atomic mass is 10.2. The molecule has 0 fully saturated rings.